The Hall–Kier alpha value is -1.24. The molecule has 0 atom stereocenters. The molecule has 0 aliphatic rings. The summed E-state index contributed by atoms with van der Waals surface area (Å²) in [4.78, 5) is 0. The lowest BCUT2D eigenvalue weighted by Gasteiger charge is -2.20. The highest BCUT2D eigenvalue weighted by Gasteiger charge is 2.10. The van der Waals surface area contributed by atoms with Gasteiger partial charge in [0, 0.05) is 0 Å². The molecule has 0 saturated carbocycles. The molecule has 0 unspecified atom stereocenters. The van der Waals surface area contributed by atoms with E-state index in [-0.39, 0.29) is 0 Å². The Morgan fingerprint density at radius 1 is 1.22 bits per heavy atom. The fraction of sp³-hybridized carbons (Fsp3) is 0.529. The van der Waals surface area contributed by atoms with Crippen LogP contribution in [-0.2, 0) is 0 Å². The van der Waals surface area contributed by atoms with E-state index in [1.54, 1.807) is 0 Å². The first-order valence-electron chi connectivity index (χ1n) is 7.01. The highest BCUT2D eigenvalue weighted by atomic mass is 16.5. The number of benzene rings is 1. The van der Waals surface area contributed by atoms with Gasteiger partial charge in [0.05, 0.1) is 6.10 Å². The summed E-state index contributed by atoms with van der Waals surface area (Å²) < 4.78 is 6.13. The molecule has 0 saturated heterocycles. The van der Waals surface area contributed by atoms with Crippen molar-refractivity contribution in [1.29, 1.82) is 0 Å². The van der Waals surface area contributed by atoms with Crippen molar-refractivity contribution in [3.63, 3.8) is 0 Å². The number of aryl methyl sites for hydroxylation is 1. The molecule has 0 amide bonds. The molecule has 100 valence electrons. The highest BCUT2D eigenvalue weighted by Crippen LogP contribution is 2.25. The third-order valence-electron chi connectivity index (χ3n) is 3.18. The number of ether oxygens (including phenoxy) is 1. The fourth-order valence-electron chi connectivity index (χ4n) is 2.13. The van der Waals surface area contributed by atoms with Crippen LogP contribution in [0.25, 0.3) is 5.57 Å². The lowest BCUT2D eigenvalue weighted by molar-refractivity contribution is 0.177. The summed E-state index contributed by atoms with van der Waals surface area (Å²) in [5.74, 6) is 1.02. The van der Waals surface area contributed by atoms with Gasteiger partial charge in [0.25, 0.3) is 0 Å². The lowest BCUT2D eigenvalue weighted by atomic mass is 10.1. The molecule has 0 spiro atoms. The Morgan fingerprint density at radius 2 is 1.83 bits per heavy atom. The summed E-state index contributed by atoms with van der Waals surface area (Å²) in [6.45, 7) is 12.5. The van der Waals surface area contributed by atoms with Crippen molar-refractivity contribution in [2.24, 2.45) is 0 Å². The number of allylic oxidation sites excluding steroid dienone is 1. The average molecular weight is 246 g/mol. The van der Waals surface area contributed by atoms with Gasteiger partial charge in [-0.05, 0) is 49.9 Å². The molecule has 1 rings (SSSR count). The van der Waals surface area contributed by atoms with Gasteiger partial charge in [0.15, 0.2) is 0 Å². The molecule has 0 heterocycles. The normalized spacial score (nSPS) is 10.7. The molecule has 0 N–H and O–H groups in total. The minimum Gasteiger partial charge on any atom is -0.490 e. The van der Waals surface area contributed by atoms with Crippen LogP contribution in [0.15, 0.2) is 24.8 Å². The van der Waals surface area contributed by atoms with Crippen molar-refractivity contribution in [3.05, 3.63) is 35.9 Å². The molecule has 0 radical (unpaired) electrons. The summed E-state index contributed by atoms with van der Waals surface area (Å²) in [5.41, 5.74) is 3.50. The summed E-state index contributed by atoms with van der Waals surface area (Å²) in [7, 11) is 0. The topological polar surface area (TPSA) is 9.23 Å². The molecule has 1 aromatic rings. The summed E-state index contributed by atoms with van der Waals surface area (Å²) in [6, 6.07) is 6.34. The first kappa shape index (κ1) is 14.8. The zero-order valence-electron chi connectivity index (χ0n) is 12.3. The second-order valence-corrected chi connectivity index (χ2v) is 5.08. The highest BCUT2D eigenvalue weighted by molar-refractivity contribution is 5.63. The molecule has 1 heteroatoms. The Labute approximate surface area is 112 Å². The van der Waals surface area contributed by atoms with Crippen LogP contribution in [0.1, 0.15) is 57.6 Å². The number of hydrogen-bond acceptors (Lipinski definition) is 1. The van der Waals surface area contributed by atoms with Gasteiger partial charge in [-0.1, -0.05) is 44.9 Å². The van der Waals surface area contributed by atoms with Gasteiger partial charge < -0.3 is 4.74 Å². The van der Waals surface area contributed by atoms with Gasteiger partial charge in [-0.3, -0.25) is 0 Å². The molecule has 0 bridgehead atoms. The second kappa shape index (κ2) is 7.25. The van der Waals surface area contributed by atoms with Crippen LogP contribution in [0.5, 0.6) is 5.75 Å². The van der Waals surface area contributed by atoms with Crippen LogP contribution in [0.4, 0.5) is 0 Å². The van der Waals surface area contributed by atoms with Gasteiger partial charge in [-0.15, -0.1) is 0 Å². The van der Waals surface area contributed by atoms with Gasteiger partial charge in [-0.25, -0.2) is 0 Å². The van der Waals surface area contributed by atoms with E-state index in [1.807, 2.05) is 6.92 Å². The maximum absolute atomic E-state index is 6.13. The van der Waals surface area contributed by atoms with E-state index in [9.17, 15) is 0 Å². The average Bonchev–Trinajstić information content (AvgIpc) is 2.32. The Bertz CT molecular complexity index is 387. The molecular formula is C17H26O. The third kappa shape index (κ3) is 4.21. The first-order chi connectivity index (χ1) is 8.58. The number of hydrogen-bond donors (Lipinski definition) is 0. The minimum absolute atomic E-state index is 0.356. The van der Waals surface area contributed by atoms with E-state index in [0.717, 1.165) is 24.2 Å². The van der Waals surface area contributed by atoms with E-state index in [4.69, 9.17) is 4.74 Å². The second-order valence-electron chi connectivity index (χ2n) is 5.08. The van der Waals surface area contributed by atoms with Gasteiger partial charge >= 0.3 is 0 Å². The predicted molar refractivity (Wildman–Crippen MR) is 80.1 cm³/mol. The van der Waals surface area contributed by atoms with Crippen molar-refractivity contribution < 1.29 is 4.74 Å². The molecule has 1 aromatic carbocycles. The van der Waals surface area contributed by atoms with Gasteiger partial charge in [0.2, 0.25) is 0 Å². The van der Waals surface area contributed by atoms with Crippen LogP contribution in [0.2, 0.25) is 0 Å². The molecule has 0 aliphatic carbocycles. The van der Waals surface area contributed by atoms with Crippen molar-refractivity contribution in [3.8, 4) is 5.75 Å². The molecule has 18 heavy (non-hydrogen) atoms. The Kier molecular flexibility index (Phi) is 5.97. The largest absolute Gasteiger partial charge is 0.490 e. The monoisotopic (exact) mass is 246 g/mol. The lowest BCUT2D eigenvalue weighted by Crippen LogP contribution is -2.16. The van der Waals surface area contributed by atoms with Crippen molar-refractivity contribution >= 4 is 5.57 Å². The molecule has 0 aliphatic heterocycles. The van der Waals surface area contributed by atoms with Crippen molar-refractivity contribution in [1.82, 2.24) is 0 Å². The van der Waals surface area contributed by atoms with Crippen LogP contribution >= 0.6 is 0 Å². The van der Waals surface area contributed by atoms with Crippen LogP contribution < -0.4 is 4.74 Å². The quantitative estimate of drug-likeness (QED) is 0.628. The number of rotatable bonds is 7. The van der Waals surface area contributed by atoms with Crippen molar-refractivity contribution in [2.75, 3.05) is 0 Å². The van der Waals surface area contributed by atoms with E-state index in [1.165, 1.54) is 24.0 Å². The smallest absolute Gasteiger partial charge is 0.122 e. The standard InChI is InChI=1S/C17H26O/c1-6-8-16(9-7-2)18-17-11-10-15(13(3)4)12-14(17)5/h10-12,16H,3,6-9H2,1-2,4-5H3. The first-order valence-corrected chi connectivity index (χ1v) is 7.01. The third-order valence-corrected chi connectivity index (χ3v) is 3.18. The van der Waals surface area contributed by atoms with E-state index in [2.05, 4.69) is 45.5 Å². The SMILES string of the molecule is C=C(C)c1ccc(OC(CCC)CCC)c(C)c1. The van der Waals surface area contributed by atoms with Crippen LogP contribution in [0, 0.1) is 6.92 Å². The maximum Gasteiger partial charge on any atom is 0.122 e. The molecule has 0 aromatic heterocycles. The van der Waals surface area contributed by atoms with Crippen LogP contribution in [0.3, 0.4) is 0 Å². The van der Waals surface area contributed by atoms with Crippen LogP contribution in [-0.4, -0.2) is 6.10 Å². The molecule has 1 nitrogen and oxygen atoms in total. The minimum atomic E-state index is 0.356. The van der Waals surface area contributed by atoms with E-state index < -0.39 is 0 Å². The zero-order chi connectivity index (χ0) is 13.5. The zero-order valence-corrected chi connectivity index (χ0v) is 12.3. The maximum atomic E-state index is 6.13. The summed E-state index contributed by atoms with van der Waals surface area (Å²) in [6.07, 6.45) is 4.97. The summed E-state index contributed by atoms with van der Waals surface area (Å²) in [5, 5.41) is 0. The Balaban J connectivity index is 2.79. The van der Waals surface area contributed by atoms with Gasteiger partial charge in [0.1, 0.15) is 5.75 Å². The van der Waals surface area contributed by atoms with E-state index >= 15 is 0 Å². The van der Waals surface area contributed by atoms with E-state index in [0.29, 0.717) is 6.10 Å². The summed E-state index contributed by atoms with van der Waals surface area (Å²) >= 11 is 0. The molecular weight excluding hydrogens is 220 g/mol. The molecule has 0 fully saturated rings. The Morgan fingerprint density at radius 3 is 2.28 bits per heavy atom. The fourth-order valence-corrected chi connectivity index (χ4v) is 2.13. The van der Waals surface area contributed by atoms with Crippen molar-refractivity contribution in [2.45, 2.75) is 59.5 Å². The predicted octanol–water partition coefficient (Wildman–Crippen LogP) is 5.38. The van der Waals surface area contributed by atoms with Gasteiger partial charge in [-0.2, -0.15) is 0 Å².